The molecule has 5 aromatic rings. The second-order valence-corrected chi connectivity index (χ2v) is 7.52. The van der Waals surface area contributed by atoms with Gasteiger partial charge in [-0.2, -0.15) is 0 Å². The monoisotopic (exact) mass is 415 g/mol. The first kappa shape index (κ1) is 19.6. The number of rotatable bonds is 5. The van der Waals surface area contributed by atoms with Crippen molar-refractivity contribution < 1.29 is 9.53 Å². The lowest BCUT2D eigenvalue weighted by Gasteiger charge is -2.26. The van der Waals surface area contributed by atoms with Gasteiger partial charge >= 0.3 is 5.97 Å². The lowest BCUT2D eigenvalue weighted by molar-refractivity contribution is -0.128. The molecule has 0 N–H and O–H groups in total. The van der Waals surface area contributed by atoms with Crippen molar-refractivity contribution in [1.29, 1.82) is 0 Å². The van der Waals surface area contributed by atoms with E-state index < -0.39 is 5.97 Å². The van der Waals surface area contributed by atoms with Crippen LogP contribution >= 0.6 is 0 Å². The number of anilines is 3. The van der Waals surface area contributed by atoms with E-state index in [1.54, 1.807) is 12.1 Å². The van der Waals surface area contributed by atoms with Gasteiger partial charge in [0.25, 0.3) is 0 Å². The Hall–Kier alpha value is -4.37. The molecular weight excluding hydrogens is 394 g/mol. The largest absolute Gasteiger partial charge is 0.423 e. The van der Waals surface area contributed by atoms with Crippen LogP contribution in [-0.4, -0.2) is 5.97 Å². The number of hydrogen-bond donors (Lipinski definition) is 0. The molecule has 0 aliphatic heterocycles. The smallest absolute Gasteiger partial charge is 0.335 e. The average molecular weight is 415 g/mol. The number of ether oxygens (including phenoxy) is 1. The Morgan fingerprint density at radius 3 is 1.59 bits per heavy atom. The molecule has 154 valence electrons. The summed E-state index contributed by atoms with van der Waals surface area (Å²) < 4.78 is 5.25. The van der Waals surface area contributed by atoms with E-state index in [1.165, 1.54) is 21.5 Å². The van der Waals surface area contributed by atoms with E-state index in [9.17, 15) is 4.79 Å². The van der Waals surface area contributed by atoms with Gasteiger partial charge in [0.1, 0.15) is 5.75 Å². The second kappa shape index (κ2) is 8.40. The van der Waals surface area contributed by atoms with Crippen LogP contribution < -0.4 is 9.64 Å². The quantitative estimate of drug-likeness (QED) is 0.169. The van der Waals surface area contributed by atoms with Gasteiger partial charge in [-0.1, -0.05) is 67.2 Å². The van der Waals surface area contributed by atoms with Crippen LogP contribution in [0, 0.1) is 0 Å². The molecule has 5 rings (SSSR count). The Morgan fingerprint density at radius 2 is 1.09 bits per heavy atom. The maximum atomic E-state index is 11.5. The Kier molecular flexibility index (Phi) is 5.14. The van der Waals surface area contributed by atoms with E-state index in [2.05, 4.69) is 84.3 Å². The van der Waals surface area contributed by atoms with Gasteiger partial charge < -0.3 is 9.64 Å². The normalized spacial score (nSPS) is 10.8. The topological polar surface area (TPSA) is 29.5 Å². The number of carbonyl (C=O) groups is 1. The zero-order chi connectivity index (χ0) is 21.9. The first-order valence-electron chi connectivity index (χ1n) is 10.4. The van der Waals surface area contributed by atoms with Crippen LogP contribution in [0.5, 0.6) is 5.75 Å². The summed E-state index contributed by atoms with van der Waals surface area (Å²) in [6, 6.07) is 37.1. The fourth-order valence-electron chi connectivity index (χ4n) is 3.90. The summed E-state index contributed by atoms with van der Waals surface area (Å²) in [5, 5.41) is 4.74. The molecule has 0 spiro atoms. The molecule has 0 radical (unpaired) electrons. The van der Waals surface area contributed by atoms with Crippen LogP contribution in [-0.2, 0) is 4.79 Å². The van der Waals surface area contributed by atoms with Crippen molar-refractivity contribution in [1.82, 2.24) is 0 Å². The number of nitrogens with zero attached hydrogens (tertiary/aromatic N) is 1. The van der Waals surface area contributed by atoms with Crippen LogP contribution in [0.15, 0.2) is 122 Å². The zero-order valence-electron chi connectivity index (χ0n) is 17.4. The van der Waals surface area contributed by atoms with Crippen molar-refractivity contribution in [2.45, 2.75) is 0 Å². The van der Waals surface area contributed by atoms with Crippen molar-refractivity contribution in [3.63, 3.8) is 0 Å². The molecule has 0 heterocycles. The van der Waals surface area contributed by atoms with E-state index in [1.807, 2.05) is 24.3 Å². The number of esters is 1. The lowest BCUT2D eigenvalue weighted by atomic mass is 10.1. The first-order valence-corrected chi connectivity index (χ1v) is 10.4. The molecule has 32 heavy (non-hydrogen) atoms. The molecular formula is C29H21NO2. The highest BCUT2D eigenvalue weighted by Crippen LogP contribution is 2.38. The van der Waals surface area contributed by atoms with Crippen LogP contribution in [0.3, 0.4) is 0 Å². The highest BCUT2D eigenvalue weighted by atomic mass is 16.5. The zero-order valence-corrected chi connectivity index (χ0v) is 17.4. The molecule has 0 bridgehead atoms. The molecule has 0 saturated heterocycles. The van der Waals surface area contributed by atoms with Crippen LogP contribution in [0.25, 0.3) is 21.5 Å². The third-order valence-corrected chi connectivity index (χ3v) is 5.46. The number of benzene rings is 5. The predicted octanol–water partition coefficient (Wildman–Crippen LogP) is 7.55. The highest BCUT2D eigenvalue weighted by Gasteiger charge is 2.14. The molecule has 3 nitrogen and oxygen atoms in total. The van der Waals surface area contributed by atoms with Gasteiger partial charge in [-0.25, -0.2) is 4.79 Å². The maximum Gasteiger partial charge on any atom is 0.335 e. The minimum absolute atomic E-state index is 0.473. The third kappa shape index (κ3) is 3.84. The molecule has 0 saturated carbocycles. The Bertz CT molecular complexity index is 1360. The van der Waals surface area contributed by atoms with Crippen molar-refractivity contribution in [3.8, 4) is 5.75 Å². The van der Waals surface area contributed by atoms with Gasteiger partial charge in [-0.15, -0.1) is 0 Å². The molecule has 0 unspecified atom stereocenters. The van der Waals surface area contributed by atoms with Gasteiger partial charge in [0, 0.05) is 23.1 Å². The number of fused-ring (bicyclic) bond motifs is 2. The van der Waals surface area contributed by atoms with Crippen molar-refractivity contribution >= 4 is 44.6 Å². The van der Waals surface area contributed by atoms with Crippen molar-refractivity contribution in [3.05, 3.63) is 122 Å². The average Bonchev–Trinajstić information content (AvgIpc) is 2.85. The molecule has 0 aliphatic rings. The van der Waals surface area contributed by atoms with E-state index in [0.29, 0.717) is 5.75 Å². The summed E-state index contributed by atoms with van der Waals surface area (Å²) in [5.74, 6) is 0.00860. The van der Waals surface area contributed by atoms with E-state index in [0.717, 1.165) is 23.1 Å². The summed E-state index contributed by atoms with van der Waals surface area (Å²) in [6.45, 7) is 3.45. The maximum absolute atomic E-state index is 11.5. The summed E-state index contributed by atoms with van der Waals surface area (Å²) in [7, 11) is 0. The van der Waals surface area contributed by atoms with Gasteiger partial charge in [-0.05, 0) is 70.1 Å². The van der Waals surface area contributed by atoms with Crippen molar-refractivity contribution in [2.24, 2.45) is 0 Å². The standard InChI is InChI=1S/C29H21NO2/c1-2-29(31)32-28-17-15-25(16-18-28)30(26-13-11-21-7-3-5-9-23(21)19-26)27-14-12-22-8-4-6-10-24(22)20-27/h2-20H,1H2. The fourth-order valence-corrected chi connectivity index (χ4v) is 3.90. The number of hydrogen-bond acceptors (Lipinski definition) is 3. The molecule has 5 aromatic carbocycles. The van der Waals surface area contributed by atoms with E-state index in [4.69, 9.17) is 4.74 Å². The van der Waals surface area contributed by atoms with Gasteiger partial charge in [0.05, 0.1) is 0 Å². The van der Waals surface area contributed by atoms with E-state index in [-0.39, 0.29) is 0 Å². The third-order valence-electron chi connectivity index (χ3n) is 5.46. The molecule has 0 atom stereocenters. The minimum atomic E-state index is -0.473. The predicted molar refractivity (Wildman–Crippen MR) is 132 cm³/mol. The summed E-state index contributed by atoms with van der Waals surface area (Å²) in [6.07, 6.45) is 1.16. The van der Waals surface area contributed by atoms with E-state index >= 15 is 0 Å². The Balaban J connectivity index is 1.63. The molecule has 0 aliphatic carbocycles. The fraction of sp³-hybridized carbons (Fsp3) is 0. The van der Waals surface area contributed by atoms with Gasteiger partial charge in [0.15, 0.2) is 0 Å². The molecule has 0 amide bonds. The van der Waals surface area contributed by atoms with Gasteiger partial charge in [-0.3, -0.25) is 0 Å². The summed E-state index contributed by atoms with van der Waals surface area (Å²) in [5.41, 5.74) is 3.07. The molecule has 0 aromatic heterocycles. The lowest BCUT2D eigenvalue weighted by Crippen LogP contribution is -2.10. The number of carbonyl (C=O) groups excluding carboxylic acids is 1. The highest BCUT2D eigenvalue weighted by molar-refractivity contribution is 5.92. The van der Waals surface area contributed by atoms with Crippen LogP contribution in [0.4, 0.5) is 17.1 Å². The Morgan fingerprint density at radius 1 is 0.625 bits per heavy atom. The molecule has 0 fully saturated rings. The minimum Gasteiger partial charge on any atom is -0.423 e. The molecule has 3 heteroatoms. The van der Waals surface area contributed by atoms with Crippen LogP contribution in [0.1, 0.15) is 0 Å². The second-order valence-electron chi connectivity index (χ2n) is 7.52. The van der Waals surface area contributed by atoms with Gasteiger partial charge in [0.2, 0.25) is 0 Å². The summed E-state index contributed by atoms with van der Waals surface area (Å²) >= 11 is 0. The van der Waals surface area contributed by atoms with Crippen molar-refractivity contribution in [2.75, 3.05) is 4.90 Å². The first-order chi connectivity index (χ1) is 15.7. The Labute approximate surface area is 186 Å². The SMILES string of the molecule is C=CC(=O)Oc1ccc(N(c2ccc3ccccc3c2)c2ccc3ccccc3c2)cc1. The van der Waals surface area contributed by atoms with Crippen LogP contribution in [0.2, 0.25) is 0 Å². The summed E-state index contributed by atoms with van der Waals surface area (Å²) in [4.78, 5) is 13.7.